The Morgan fingerprint density at radius 3 is 2.62 bits per heavy atom. The van der Waals surface area contributed by atoms with Gasteiger partial charge in [-0.15, -0.1) is 0 Å². The number of hydrogen-bond donors (Lipinski definition) is 1. The van der Waals surface area contributed by atoms with E-state index in [1.165, 1.54) is 18.4 Å². The van der Waals surface area contributed by atoms with Crippen molar-refractivity contribution in [3.63, 3.8) is 0 Å². The normalized spacial score (nSPS) is 17.7. The molecule has 0 radical (unpaired) electrons. The van der Waals surface area contributed by atoms with Gasteiger partial charge in [0.15, 0.2) is 0 Å². The summed E-state index contributed by atoms with van der Waals surface area (Å²) in [6.45, 7) is 1.92. The summed E-state index contributed by atoms with van der Waals surface area (Å²) in [5.74, 6) is 2.65. The Morgan fingerprint density at radius 2 is 1.86 bits per heavy atom. The monoisotopic (exact) mass is 501 g/mol. The predicted octanol–water partition coefficient (Wildman–Crippen LogP) is 4.19. The molecular weight excluding hydrogens is 470 g/mol. The number of anilines is 1. The van der Waals surface area contributed by atoms with Gasteiger partial charge in [-0.05, 0) is 55.2 Å². The summed E-state index contributed by atoms with van der Waals surface area (Å²) in [5.41, 5.74) is 4.35. The van der Waals surface area contributed by atoms with Crippen molar-refractivity contribution in [3.05, 3.63) is 63.5 Å². The molecule has 1 N–H and O–H groups in total. The number of fused-ring (bicyclic) bond motifs is 4. The molecular formula is C28H31N5O4. The third kappa shape index (κ3) is 3.80. The van der Waals surface area contributed by atoms with Crippen LogP contribution in [0.4, 0.5) is 5.82 Å². The number of ether oxygens (including phenoxy) is 2. The molecule has 1 amide bonds. The van der Waals surface area contributed by atoms with Crippen LogP contribution in [0.5, 0.6) is 5.75 Å². The molecule has 0 spiro atoms. The van der Waals surface area contributed by atoms with Crippen molar-refractivity contribution in [1.82, 2.24) is 19.4 Å². The smallest absolute Gasteiger partial charge is 0.274 e. The second kappa shape index (κ2) is 8.99. The summed E-state index contributed by atoms with van der Waals surface area (Å²) in [6.07, 6.45) is 8.45. The van der Waals surface area contributed by atoms with Gasteiger partial charge >= 0.3 is 0 Å². The minimum absolute atomic E-state index is 0. The van der Waals surface area contributed by atoms with Crippen LogP contribution in [-0.2, 0) is 11.2 Å². The number of carbonyl (C=O) groups excluding carboxylic acids is 1. The number of methoxy groups -OCH3 is 1. The first kappa shape index (κ1) is 23.7. The number of carbonyl (C=O) groups is 1. The number of aromatic nitrogens is 4. The topological polar surface area (TPSA) is 102 Å². The van der Waals surface area contributed by atoms with Crippen LogP contribution in [0.25, 0.3) is 16.6 Å². The van der Waals surface area contributed by atoms with Crippen LogP contribution in [-0.4, -0.2) is 52.1 Å². The molecule has 3 aromatic heterocycles. The van der Waals surface area contributed by atoms with E-state index in [4.69, 9.17) is 9.47 Å². The molecule has 192 valence electrons. The van der Waals surface area contributed by atoms with Crippen LogP contribution in [0.15, 0.2) is 35.4 Å². The molecule has 1 saturated heterocycles. The van der Waals surface area contributed by atoms with E-state index < -0.39 is 0 Å². The number of amides is 1. The second-order valence-corrected chi connectivity index (χ2v) is 9.98. The highest BCUT2D eigenvalue weighted by Gasteiger charge is 2.32. The van der Waals surface area contributed by atoms with Crippen molar-refractivity contribution in [3.8, 4) is 5.75 Å². The van der Waals surface area contributed by atoms with Gasteiger partial charge in [-0.3, -0.25) is 18.9 Å². The first-order valence-corrected chi connectivity index (χ1v) is 12.6. The average molecular weight is 502 g/mol. The van der Waals surface area contributed by atoms with Crippen LogP contribution in [0.2, 0.25) is 0 Å². The Morgan fingerprint density at radius 1 is 1.05 bits per heavy atom. The number of nitrogens with zero attached hydrogens (tertiary/aromatic N) is 4. The van der Waals surface area contributed by atoms with Gasteiger partial charge in [-0.25, -0.2) is 9.97 Å². The summed E-state index contributed by atoms with van der Waals surface area (Å²) >= 11 is 0. The molecule has 2 fully saturated rings. The third-order valence-electron chi connectivity index (χ3n) is 7.76. The molecule has 1 aromatic carbocycles. The number of nitrogens with one attached hydrogen (secondary N) is 1. The van der Waals surface area contributed by atoms with Crippen molar-refractivity contribution in [2.75, 3.05) is 31.8 Å². The van der Waals surface area contributed by atoms with Gasteiger partial charge in [0.25, 0.3) is 11.5 Å². The lowest BCUT2D eigenvalue weighted by atomic mass is 9.99. The highest BCUT2D eigenvalue weighted by Crippen LogP contribution is 2.42. The zero-order chi connectivity index (χ0) is 24.4. The fourth-order valence-electron chi connectivity index (χ4n) is 5.67. The van der Waals surface area contributed by atoms with Crippen molar-refractivity contribution >= 4 is 28.3 Å². The summed E-state index contributed by atoms with van der Waals surface area (Å²) in [6, 6.07) is 5.76. The molecule has 9 heteroatoms. The molecule has 9 nitrogen and oxygen atoms in total. The lowest BCUT2D eigenvalue weighted by Crippen LogP contribution is -2.30. The molecule has 0 atom stereocenters. The van der Waals surface area contributed by atoms with Crippen molar-refractivity contribution in [1.29, 1.82) is 0 Å². The maximum Gasteiger partial charge on any atom is 0.274 e. The highest BCUT2D eigenvalue weighted by molar-refractivity contribution is 6.10. The van der Waals surface area contributed by atoms with Crippen LogP contribution in [0, 0.1) is 0 Å². The van der Waals surface area contributed by atoms with Gasteiger partial charge in [-0.1, -0.05) is 13.5 Å². The SMILES string of the molecule is C.COc1cc2c(cc1C(=O)N1CCc3cc(C4CC4)cnc31)[nH]c(=O)c1cnc(C3CCOCC3)n12. The van der Waals surface area contributed by atoms with E-state index in [0.717, 1.165) is 36.2 Å². The van der Waals surface area contributed by atoms with Crippen LogP contribution >= 0.6 is 0 Å². The van der Waals surface area contributed by atoms with Gasteiger partial charge in [0.2, 0.25) is 0 Å². The standard InChI is InChI=1S/C27H27N5O4.CH4/c1-35-23-12-21-20(30-26(33)22-14-29-25(32(21)22)16-5-8-36-9-6-16)11-19(23)27(34)31-7-4-17-10-18(15-2-3-15)13-28-24(17)31;/h10-16H,2-9H2,1H3,(H,30,33);1H4. The Hall–Kier alpha value is -3.72. The summed E-state index contributed by atoms with van der Waals surface area (Å²) in [7, 11) is 1.56. The van der Waals surface area contributed by atoms with E-state index in [2.05, 4.69) is 21.0 Å². The second-order valence-electron chi connectivity index (χ2n) is 9.98. The van der Waals surface area contributed by atoms with Gasteiger partial charge in [-0.2, -0.15) is 0 Å². The molecule has 0 bridgehead atoms. The highest BCUT2D eigenvalue weighted by atomic mass is 16.5. The molecule has 7 rings (SSSR count). The molecule has 5 heterocycles. The van der Waals surface area contributed by atoms with Crippen molar-refractivity contribution in [2.24, 2.45) is 0 Å². The number of H-pyrrole nitrogens is 1. The minimum atomic E-state index is -0.238. The van der Waals surface area contributed by atoms with Gasteiger partial charge in [0, 0.05) is 37.9 Å². The number of imidazole rings is 1. The quantitative estimate of drug-likeness (QED) is 0.450. The molecule has 2 aliphatic heterocycles. The zero-order valence-corrected chi connectivity index (χ0v) is 20.1. The Labute approximate surface area is 214 Å². The Balaban J connectivity index is 0.00000252. The minimum Gasteiger partial charge on any atom is -0.496 e. The number of aromatic amines is 1. The lowest BCUT2D eigenvalue weighted by molar-refractivity contribution is 0.0835. The van der Waals surface area contributed by atoms with E-state index in [9.17, 15) is 9.59 Å². The van der Waals surface area contributed by atoms with E-state index in [-0.39, 0.29) is 24.8 Å². The molecule has 4 aromatic rings. The molecule has 1 saturated carbocycles. The first-order chi connectivity index (χ1) is 17.6. The van der Waals surface area contributed by atoms with Gasteiger partial charge in [0.1, 0.15) is 22.9 Å². The summed E-state index contributed by atoms with van der Waals surface area (Å²) in [5, 5.41) is 0. The van der Waals surface area contributed by atoms with Gasteiger partial charge < -0.3 is 14.5 Å². The molecule has 3 aliphatic rings. The summed E-state index contributed by atoms with van der Waals surface area (Å²) < 4.78 is 13.1. The third-order valence-corrected chi connectivity index (χ3v) is 7.76. The number of hydrogen-bond acceptors (Lipinski definition) is 6. The van der Waals surface area contributed by atoms with Crippen molar-refractivity contribution in [2.45, 2.75) is 51.4 Å². The maximum atomic E-state index is 13.8. The van der Waals surface area contributed by atoms with E-state index in [0.29, 0.717) is 53.8 Å². The fraction of sp³-hybridized carbons (Fsp3) is 0.429. The molecule has 1 aliphatic carbocycles. The Kier molecular flexibility index (Phi) is 5.75. The fourth-order valence-corrected chi connectivity index (χ4v) is 5.67. The van der Waals surface area contributed by atoms with Crippen molar-refractivity contribution < 1.29 is 14.3 Å². The number of pyridine rings is 1. The first-order valence-electron chi connectivity index (χ1n) is 12.6. The van der Waals surface area contributed by atoms with Crippen LogP contribution in [0.1, 0.15) is 72.3 Å². The zero-order valence-electron chi connectivity index (χ0n) is 20.1. The Bertz CT molecular complexity index is 1580. The predicted molar refractivity (Wildman–Crippen MR) is 141 cm³/mol. The van der Waals surface area contributed by atoms with Gasteiger partial charge in [0.05, 0.1) is 29.9 Å². The molecule has 0 unspecified atom stereocenters. The van der Waals surface area contributed by atoms with E-state index >= 15 is 0 Å². The van der Waals surface area contributed by atoms with E-state index in [1.807, 2.05) is 16.7 Å². The number of rotatable bonds is 4. The maximum absolute atomic E-state index is 13.8. The summed E-state index contributed by atoms with van der Waals surface area (Å²) in [4.78, 5) is 40.7. The van der Waals surface area contributed by atoms with E-state index in [1.54, 1.807) is 24.3 Å². The largest absolute Gasteiger partial charge is 0.496 e. The average Bonchev–Trinajstić information content (AvgIpc) is 3.52. The molecule has 37 heavy (non-hydrogen) atoms. The lowest BCUT2D eigenvalue weighted by Gasteiger charge is -2.22. The number of benzene rings is 1. The van der Waals surface area contributed by atoms with Crippen LogP contribution < -0.4 is 15.2 Å². The van der Waals surface area contributed by atoms with Crippen LogP contribution in [0.3, 0.4) is 0 Å².